The normalized spacial score (nSPS) is 12.4. The number of halogens is 2. The van der Waals surface area contributed by atoms with Gasteiger partial charge in [-0.05, 0) is 35.9 Å². The Morgan fingerprint density at radius 3 is 2.53 bits per heavy atom. The summed E-state index contributed by atoms with van der Waals surface area (Å²) in [6, 6.07) is 6.66. The van der Waals surface area contributed by atoms with E-state index >= 15 is 0 Å². The Morgan fingerprint density at radius 2 is 2.00 bits per heavy atom. The largest absolute Gasteiger partial charge is 0.491 e. The quantitative estimate of drug-likeness (QED) is 0.409. The monoisotopic (exact) mass is 441 g/mol. The van der Waals surface area contributed by atoms with Crippen LogP contribution in [0.4, 0.5) is 8.78 Å². The zero-order valence-electron chi connectivity index (χ0n) is 15.9. The number of ether oxygens (including phenoxy) is 1. The molecule has 0 aliphatic carbocycles. The van der Waals surface area contributed by atoms with E-state index in [0.29, 0.717) is 5.56 Å². The predicted molar refractivity (Wildman–Crippen MR) is 103 cm³/mol. The van der Waals surface area contributed by atoms with Crippen LogP contribution < -0.4 is 10.2 Å². The molecule has 0 spiro atoms. The summed E-state index contributed by atoms with van der Waals surface area (Å²) in [5.41, 5.74) is 1.80. The molecular formula is C19H21F2N3O5S. The SMILES string of the molecule is C=C(F)C[C@@H](C(=O)NO)N(Cc1cccnc1)S(=O)(=O)c1ccc(OCCF)cc1. The average Bonchev–Trinajstić information content (AvgIpc) is 2.74. The molecule has 162 valence electrons. The van der Waals surface area contributed by atoms with Crippen molar-refractivity contribution in [1.82, 2.24) is 14.8 Å². The van der Waals surface area contributed by atoms with Crippen molar-refractivity contribution in [3.05, 3.63) is 66.8 Å². The van der Waals surface area contributed by atoms with Crippen molar-refractivity contribution in [3.8, 4) is 5.75 Å². The van der Waals surface area contributed by atoms with Gasteiger partial charge in [0.15, 0.2) is 0 Å². The van der Waals surface area contributed by atoms with E-state index in [-0.39, 0.29) is 23.8 Å². The van der Waals surface area contributed by atoms with Crippen LogP contribution in [0.3, 0.4) is 0 Å². The van der Waals surface area contributed by atoms with E-state index in [1.54, 1.807) is 12.1 Å². The van der Waals surface area contributed by atoms with E-state index in [0.717, 1.165) is 4.31 Å². The van der Waals surface area contributed by atoms with Crippen molar-refractivity contribution in [1.29, 1.82) is 0 Å². The molecule has 2 aromatic rings. The summed E-state index contributed by atoms with van der Waals surface area (Å²) in [5, 5.41) is 9.06. The number of hydrogen-bond donors (Lipinski definition) is 2. The topological polar surface area (TPSA) is 109 Å². The number of carbonyl (C=O) groups is 1. The third-order valence-corrected chi connectivity index (χ3v) is 5.88. The molecule has 8 nitrogen and oxygen atoms in total. The number of sulfonamides is 1. The van der Waals surface area contributed by atoms with Crippen LogP contribution in [0.2, 0.25) is 0 Å². The van der Waals surface area contributed by atoms with Crippen molar-refractivity contribution in [3.63, 3.8) is 0 Å². The van der Waals surface area contributed by atoms with E-state index in [1.807, 2.05) is 0 Å². The maximum Gasteiger partial charge on any atom is 0.262 e. The van der Waals surface area contributed by atoms with Gasteiger partial charge in [0, 0.05) is 25.4 Å². The zero-order valence-corrected chi connectivity index (χ0v) is 16.7. The second-order valence-electron chi connectivity index (χ2n) is 6.13. The molecule has 0 bridgehead atoms. The van der Waals surface area contributed by atoms with Gasteiger partial charge in [0.2, 0.25) is 10.0 Å². The number of rotatable bonds is 11. The van der Waals surface area contributed by atoms with Gasteiger partial charge in [0.25, 0.3) is 5.91 Å². The Labute approximate surface area is 172 Å². The van der Waals surface area contributed by atoms with Crippen LogP contribution in [0.15, 0.2) is 66.1 Å². The van der Waals surface area contributed by atoms with E-state index in [2.05, 4.69) is 11.6 Å². The molecule has 11 heteroatoms. The highest BCUT2D eigenvalue weighted by Crippen LogP contribution is 2.26. The number of carbonyl (C=O) groups excluding carboxylic acids is 1. The number of hydroxylamine groups is 1. The first kappa shape index (κ1) is 23.4. The Kier molecular flexibility index (Phi) is 8.39. The fraction of sp³-hybridized carbons (Fsp3) is 0.263. The van der Waals surface area contributed by atoms with Crippen LogP contribution in [0.5, 0.6) is 5.75 Å². The molecular weight excluding hydrogens is 420 g/mol. The Bertz CT molecular complexity index is 956. The molecule has 0 aliphatic heterocycles. The van der Waals surface area contributed by atoms with E-state index in [1.165, 1.54) is 42.1 Å². The average molecular weight is 441 g/mol. The van der Waals surface area contributed by atoms with Gasteiger partial charge in [0.1, 0.15) is 25.1 Å². The van der Waals surface area contributed by atoms with Crippen LogP contribution in [-0.4, -0.2) is 48.1 Å². The summed E-state index contributed by atoms with van der Waals surface area (Å²) in [6.45, 7) is 1.88. The first-order valence-corrected chi connectivity index (χ1v) is 10.2. The minimum atomic E-state index is -4.34. The number of pyridine rings is 1. The number of aromatic nitrogens is 1. The standard InChI is InChI=1S/C19H21F2N3O5S/c1-14(21)11-18(19(25)23-26)24(13-15-3-2-9-22-12-15)30(27,28)17-6-4-16(5-7-17)29-10-8-20/h2-7,9,12,18,26H,1,8,10-11,13H2,(H,23,25)/t18-/m0/s1. The summed E-state index contributed by atoms with van der Waals surface area (Å²) in [6.07, 6.45) is 2.22. The molecule has 1 atom stereocenters. The van der Waals surface area contributed by atoms with Crippen molar-refractivity contribution >= 4 is 15.9 Å². The third kappa shape index (κ3) is 6.05. The molecule has 2 N–H and O–H groups in total. The molecule has 0 saturated heterocycles. The number of alkyl halides is 1. The van der Waals surface area contributed by atoms with Crippen molar-refractivity contribution in [2.45, 2.75) is 23.9 Å². The lowest BCUT2D eigenvalue weighted by molar-refractivity contribution is -0.133. The molecule has 30 heavy (non-hydrogen) atoms. The van der Waals surface area contributed by atoms with Gasteiger partial charge in [-0.2, -0.15) is 4.31 Å². The van der Waals surface area contributed by atoms with E-state index in [9.17, 15) is 22.0 Å². The molecule has 2 rings (SSSR count). The van der Waals surface area contributed by atoms with Gasteiger partial charge in [-0.25, -0.2) is 22.7 Å². The lowest BCUT2D eigenvalue weighted by Gasteiger charge is -2.29. The van der Waals surface area contributed by atoms with Crippen LogP contribution >= 0.6 is 0 Å². The van der Waals surface area contributed by atoms with Crippen molar-refractivity contribution in [2.24, 2.45) is 0 Å². The summed E-state index contributed by atoms with van der Waals surface area (Å²) in [5.74, 6) is -1.80. The highest BCUT2D eigenvalue weighted by Gasteiger charge is 2.36. The molecule has 0 saturated carbocycles. The third-order valence-electron chi connectivity index (χ3n) is 4.01. The zero-order chi connectivity index (χ0) is 22.1. The number of hydrogen-bond acceptors (Lipinski definition) is 6. The van der Waals surface area contributed by atoms with Crippen molar-refractivity contribution in [2.75, 3.05) is 13.3 Å². The molecule has 0 radical (unpaired) electrons. The minimum absolute atomic E-state index is 0.184. The van der Waals surface area contributed by atoms with Gasteiger partial charge in [-0.15, -0.1) is 0 Å². The number of nitrogens with zero attached hydrogens (tertiary/aromatic N) is 2. The van der Waals surface area contributed by atoms with E-state index in [4.69, 9.17) is 9.94 Å². The Hall–Kier alpha value is -2.89. The van der Waals surface area contributed by atoms with Gasteiger partial charge in [-0.1, -0.05) is 12.6 Å². The lowest BCUT2D eigenvalue weighted by Crippen LogP contribution is -2.48. The highest BCUT2D eigenvalue weighted by molar-refractivity contribution is 7.89. The van der Waals surface area contributed by atoms with Gasteiger partial charge < -0.3 is 4.74 Å². The molecule has 0 aliphatic rings. The fourth-order valence-corrected chi connectivity index (χ4v) is 4.22. The lowest BCUT2D eigenvalue weighted by atomic mass is 10.1. The van der Waals surface area contributed by atoms with Gasteiger partial charge in [0.05, 0.1) is 10.7 Å². The summed E-state index contributed by atoms with van der Waals surface area (Å²) in [4.78, 5) is 15.9. The minimum Gasteiger partial charge on any atom is -0.491 e. The number of amides is 1. The summed E-state index contributed by atoms with van der Waals surface area (Å²) in [7, 11) is -4.34. The number of benzene rings is 1. The fourth-order valence-electron chi connectivity index (χ4n) is 2.64. The molecule has 1 amide bonds. The Balaban J connectivity index is 2.47. The molecule has 0 unspecified atom stereocenters. The predicted octanol–water partition coefficient (Wildman–Crippen LogP) is 2.37. The van der Waals surface area contributed by atoms with E-state index < -0.39 is 40.9 Å². The second kappa shape index (κ2) is 10.8. The summed E-state index contributed by atoms with van der Waals surface area (Å²) >= 11 is 0. The molecule has 1 heterocycles. The molecule has 0 fully saturated rings. The van der Waals surface area contributed by atoms with Gasteiger partial charge in [-0.3, -0.25) is 15.0 Å². The highest BCUT2D eigenvalue weighted by atomic mass is 32.2. The first-order valence-electron chi connectivity index (χ1n) is 8.76. The smallest absolute Gasteiger partial charge is 0.262 e. The molecule has 1 aromatic carbocycles. The second-order valence-corrected chi connectivity index (χ2v) is 8.02. The van der Waals surface area contributed by atoms with Gasteiger partial charge >= 0.3 is 0 Å². The molecule has 1 aromatic heterocycles. The maximum atomic E-state index is 13.6. The number of nitrogens with one attached hydrogen (secondary N) is 1. The van der Waals surface area contributed by atoms with Crippen LogP contribution in [0, 0.1) is 0 Å². The van der Waals surface area contributed by atoms with Crippen LogP contribution in [0.1, 0.15) is 12.0 Å². The summed E-state index contributed by atoms with van der Waals surface area (Å²) < 4.78 is 58.2. The van der Waals surface area contributed by atoms with Crippen LogP contribution in [0.25, 0.3) is 0 Å². The van der Waals surface area contributed by atoms with Crippen molar-refractivity contribution < 1.29 is 31.9 Å². The maximum absolute atomic E-state index is 13.6. The van der Waals surface area contributed by atoms with Crippen LogP contribution in [-0.2, 0) is 21.4 Å². The Morgan fingerprint density at radius 1 is 1.30 bits per heavy atom. The first-order chi connectivity index (χ1) is 14.3.